The Morgan fingerprint density at radius 1 is 1.03 bits per heavy atom. The summed E-state index contributed by atoms with van der Waals surface area (Å²) in [4.78, 5) is 30.6. The van der Waals surface area contributed by atoms with Crippen LogP contribution in [0.15, 0.2) is 48.5 Å². The number of halogens is 1. The van der Waals surface area contributed by atoms with Gasteiger partial charge in [-0.15, -0.1) is 0 Å². The third-order valence-corrected chi connectivity index (χ3v) is 7.20. The molecular weight excluding hydrogens is 460 g/mol. The zero-order chi connectivity index (χ0) is 25.2. The minimum absolute atomic E-state index is 0.00827. The lowest BCUT2D eigenvalue weighted by Crippen LogP contribution is -2.47. The second-order valence-electron chi connectivity index (χ2n) is 9.60. The number of ether oxygens (including phenoxy) is 1. The number of aryl methyl sites for hydroxylation is 1. The maximum atomic E-state index is 13.5. The fraction of sp³-hybridized carbons (Fsp3) is 0.517. The van der Waals surface area contributed by atoms with E-state index in [1.165, 1.54) is 0 Å². The van der Waals surface area contributed by atoms with Crippen molar-refractivity contribution in [3.05, 3.63) is 64.7 Å². The number of carbonyl (C=O) groups is 2. The Morgan fingerprint density at radius 2 is 1.71 bits per heavy atom. The van der Waals surface area contributed by atoms with E-state index < -0.39 is 0 Å². The summed E-state index contributed by atoms with van der Waals surface area (Å²) in [5, 5.41) is 0.701. The fourth-order valence-electron chi connectivity index (χ4n) is 4.66. The highest BCUT2D eigenvalue weighted by atomic mass is 35.5. The molecule has 0 bridgehead atoms. The Labute approximate surface area is 215 Å². The lowest BCUT2D eigenvalue weighted by molar-refractivity contribution is -0.135. The smallest absolute Gasteiger partial charge is 0.257 e. The molecule has 1 aliphatic heterocycles. The van der Waals surface area contributed by atoms with Crippen molar-refractivity contribution in [2.45, 2.75) is 65.3 Å². The van der Waals surface area contributed by atoms with Gasteiger partial charge in [-0.2, -0.15) is 0 Å². The van der Waals surface area contributed by atoms with Gasteiger partial charge in [0.15, 0.2) is 0 Å². The van der Waals surface area contributed by atoms with Crippen LogP contribution in [0, 0.1) is 5.92 Å². The Bertz CT molecular complexity index is 978. The van der Waals surface area contributed by atoms with Gasteiger partial charge in [-0.25, -0.2) is 0 Å². The van der Waals surface area contributed by atoms with Crippen molar-refractivity contribution in [2.75, 3.05) is 26.2 Å². The standard InChI is InChI=1S/C29H39ClN2O3/c1-4-31-19-11-5-6-12-20-32(28(33)18-17-23-13-7-9-15-25(23)30)26(22(2)3)21-35-27-16-10-8-14-24(27)29(31)34/h7-10,13-16,22,26H,4-6,11-12,17-21H2,1-3H3/t26-/m1/s1. The zero-order valence-corrected chi connectivity index (χ0v) is 22.1. The number of fused-ring (bicyclic) bond motifs is 1. The molecule has 0 saturated heterocycles. The molecule has 0 N–H and O–H groups in total. The number of para-hydroxylation sites is 1. The van der Waals surface area contributed by atoms with E-state index in [-0.39, 0.29) is 23.8 Å². The first-order valence-corrected chi connectivity index (χ1v) is 13.3. The molecule has 6 heteroatoms. The van der Waals surface area contributed by atoms with Gasteiger partial charge in [0.2, 0.25) is 5.91 Å². The molecule has 1 atom stereocenters. The van der Waals surface area contributed by atoms with E-state index in [0.717, 1.165) is 37.8 Å². The van der Waals surface area contributed by atoms with Gasteiger partial charge >= 0.3 is 0 Å². The number of hydrogen-bond donors (Lipinski definition) is 0. The number of nitrogens with zero attached hydrogens (tertiary/aromatic N) is 2. The van der Waals surface area contributed by atoms with Crippen LogP contribution in [0.4, 0.5) is 0 Å². The SMILES string of the molecule is CCN1CCCCCCN(C(=O)CCc2ccccc2Cl)[C@@H](C(C)C)COc2ccccc2C1=O. The lowest BCUT2D eigenvalue weighted by Gasteiger charge is -2.35. The number of amides is 2. The van der Waals surface area contributed by atoms with E-state index in [2.05, 4.69) is 13.8 Å². The zero-order valence-electron chi connectivity index (χ0n) is 21.3. The van der Waals surface area contributed by atoms with E-state index in [1.54, 1.807) is 0 Å². The molecule has 0 unspecified atom stereocenters. The molecule has 5 nitrogen and oxygen atoms in total. The lowest BCUT2D eigenvalue weighted by atomic mass is 10.0. The van der Waals surface area contributed by atoms with Gasteiger partial charge in [0, 0.05) is 31.1 Å². The molecule has 0 fully saturated rings. The summed E-state index contributed by atoms with van der Waals surface area (Å²) in [7, 11) is 0. The maximum Gasteiger partial charge on any atom is 0.257 e. The molecule has 1 heterocycles. The monoisotopic (exact) mass is 498 g/mol. The van der Waals surface area contributed by atoms with Crippen molar-refractivity contribution in [1.82, 2.24) is 9.80 Å². The van der Waals surface area contributed by atoms with E-state index in [9.17, 15) is 9.59 Å². The van der Waals surface area contributed by atoms with Crippen molar-refractivity contribution in [2.24, 2.45) is 5.92 Å². The molecule has 3 rings (SSSR count). The fourth-order valence-corrected chi connectivity index (χ4v) is 4.89. The predicted molar refractivity (Wildman–Crippen MR) is 142 cm³/mol. The molecule has 2 aromatic carbocycles. The number of hydrogen-bond acceptors (Lipinski definition) is 3. The van der Waals surface area contributed by atoms with Gasteiger partial charge in [-0.1, -0.05) is 68.6 Å². The summed E-state index contributed by atoms with van der Waals surface area (Å²) in [6, 6.07) is 15.1. The van der Waals surface area contributed by atoms with Crippen LogP contribution in [0.2, 0.25) is 5.02 Å². The normalized spacial score (nSPS) is 18.1. The van der Waals surface area contributed by atoms with Gasteiger partial charge in [0.05, 0.1) is 11.6 Å². The van der Waals surface area contributed by atoms with Crippen LogP contribution in [0.3, 0.4) is 0 Å². The number of benzene rings is 2. The van der Waals surface area contributed by atoms with Gasteiger partial charge in [-0.05, 0) is 55.9 Å². The average molecular weight is 499 g/mol. The molecule has 0 spiro atoms. The third kappa shape index (κ3) is 7.47. The Hall–Kier alpha value is -2.53. The Kier molecular flexibility index (Phi) is 10.5. The van der Waals surface area contributed by atoms with E-state index in [4.69, 9.17) is 16.3 Å². The molecule has 0 aromatic heterocycles. The summed E-state index contributed by atoms with van der Waals surface area (Å²) in [6.45, 7) is 8.75. The first kappa shape index (κ1) is 27.1. The van der Waals surface area contributed by atoms with Crippen molar-refractivity contribution in [3.63, 3.8) is 0 Å². The van der Waals surface area contributed by atoms with E-state index in [0.29, 0.717) is 48.9 Å². The first-order valence-electron chi connectivity index (χ1n) is 13.0. The summed E-state index contributed by atoms with van der Waals surface area (Å²) in [5.74, 6) is 0.930. The van der Waals surface area contributed by atoms with Crippen LogP contribution in [-0.2, 0) is 11.2 Å². The van der Waals surface area contributed by atoms with E-state index in [1.807, 2.05) is 65.3 Å². The van der Waals surface area contributed by atoms with Gasteiger partial charge < -0.3 is 14.5 Å². The van der Waals surface area contributed by atoms with Crippen LogP contribution in [0.25, 0.3) is 0 Å². The second kappa shape index (κ2) is 13.5. The average Bonchev–Trinajstić information content (AvgIpc) is 2.85. The van der Waals surface area contributed by atoms with Crippen LogP contribution in [0.1, 0.15) is 68.8 Å². The van der Waals surface area contributed by atoms with E-state index >= 15 is 0 Å². The van der Waals surface area contributed by atoms with Crippen molar-refractivity contribution in [1.29, 1.82) is 0 Å². The van der Waals surface area contributed by atoms with Crippen LogP contribution >= 0.6 is 11.6 Å². The summed E-state index contributed by atoms with van der Waals surface area (Å²) in [6.07, 6.45) is 4.99. The minimum atomic E-state index is -0.0814. The molecule has 1 aliphatic rings. The predicted octanol–water partition coefficient (Wildman–Crippen LogP) is 6.24. The molecule has 35 heavy (non-hydrogen) atoms. The number of rotatable bonds is 5. The van der Waals surface area contributed by atoms with Gasteiger partial charge in [-0.3, -0.25) is 9.59 Å². The number of carbonyl (C=O) groups excluding carboxylic acids is 2. The maximum absolute atomic E-state index is 13.5. The summed E-state index contributed by atoms with van der Waals surface area (Å²) in [5.41, 5.74) is 1.58. The highest BCUT2D eigenvalue weighted by Gasteiger charge is 2.28. The van der Waals surface area contributed by atoms with Gasteiger partial charge in [0.25, 0.3) is 5.91 Å². The van der Waals surface area contributed by atoms with Crippen molar-refractivity contribution >= 4 is 23.4 Å². The summed E-state index contributed by atoms with van der Waals surface area (Å²) < 4.78 is 6.27. The van der Waals surface area contributed by atoms with Crippen molar-refractivity contribution < 1.29 is 14.3 Å². The van der Waals surface area contributed by atoms with Crippen LogP contribution < -0.4 is 4.74 Å². The molecule has 190 valence electrons. The molecule has 0 radical (unpaired) electrons. The highest BCUT2D eigenvalue weighted by molar-refractivity contribution is 6.31. The Morgan fingerprint density at radius 3 is 2.43 bits per heavy atom. The minimum Gasteiger partial charge on any atom is -0.491 e. The van der Waals surface area contributed by atoms with Crippen LogP contribution in [0.5, 0.6) is 5.75 Å². The molecule has 2 amide bonds. The third-order valence-electron chi connectivity index (χ3n) is 6.83. The molecule has 0 saturated carbocycles. The molecular formula is C29H39ClN2O3. The largest absolute Gasteiger partial charge is 0.491 e. The second-order valence-corrected chi connectivity index (χ2v) is 10.0. The quantitative estimate of drug-likeness (QED) is 0.490. The van der Waals surface area contributed by atoms with Gasteiger partial charge in [0.1, 0.15) is 12.4 Å². The molecule has 2 aromatic rings. The first-order chi connectivity index (χ1) is 16.9. The Balaban J connectivity index is 1.82. The highest BCUT2D eigenvalue weighted by Crippen LogP contribution is 2.24. The van der Waals surface area contributed by atoms with Crippen molar-refractivity contribution in [3.8, 4) is 5.75 Å². The van der Waals surface area contributed by atoms with Crippen LogP contribution in [-0.4, -0.2) is 53.9 Å². The molecule has 0 aliphatic carbocycles. The topological polar surface area (TPSA) is 49.9 Å². The summed E-state index contributed by atoms with van der Waals surface area (Å²) >= 11 is 6.33.